The van der Waals surface area contributed by atoms with Crippen LogP contribution in [0.4, 0.5) is 5.13 Å². The third-order valence-corrected chi connectivity index (χ3v) is 5.00. The molecule has 0 spiro atoms. The van der Waals surface area contributed by atoms with Crippen molar-refractivity contribution >= 4 is 22.3 Å². The van der Waals surface area contributed by atoms with E-state index in [-0.39, 0.29) is 12.2 Å². The molecule has 8 heteroatoms. The monoisotopic (exact) mass is 364 g/mol. The van der Waals surface area contributed by atoms with Gasteiger partial charge >= 0.3 is 0 Å². The molecule has 1 aliphatic rings. The lowest BCUT2D eigenvalue weighted by molar-refractivity contribution is -0.172. The molecule has 1 aliphatic heterocycles. The Morgan fingerprint density at radius 1 is 1.36 bits per heavy atom. The van der Waals surface area contributed by atoms with Crippen LogP contribution in [0.15, 0.2) is 30.5 Å². The second kappa shape index (κ2) is 7.59. The SMILES string of the molecule is Cc1ccc(C(=O)c2cnc(N[C@@H]3C[C@@H](O)C(O)C(CO)O3)s2)cc1. The number of rotatable bonds is 5. The Kier molecular flexibility index (Phi) is 5.45. The van der Waals surface area contributed by atoms with Crippen molar-refractivity contribution in [1.29, 1.82) is 0 Å². The number of ketones is 1. The fourth-order valence-electron chi connectivity index (χ4n) is 2.63. The van der Waals surface area contributed by atoms with Crippen LogP contribution in [0.25, 0.3) is 0 Å². The Balaban J connectivity index is 1.67. The molecule has 3 rings (SSSR count). The lowest BCUT2D eigenvalue weighted by atomic mass is 10.0. The van der Waals surface area contributed by atoms with E-state index in [9.17, 15) is 20.1 Å². The molecule has 2 aromatic rings. The minimum atomic E-state index is -1.13. The highest BCUT2D eigenvalue weighted by Gasteiger charge is 2.36. The van der Waals surface area contributed by atoms with Crippen LogP contribution in [0.5, 0.6) is 0 Å². The Hall–Kier alpha value is -1.84. The number of aliphatic hydroxyl groups is 3. The number of carbonyl (C=O) groups excluding carboxylic acids is 1. The van der Waals surface area contributed by atoms with Gasteiger partial charge in [-0.15, -0.1) is 0 Å². The minimum absolute atomic E-state index is 0.112. The summed E-state index contributed by atoms with van der Waals surface area (Å²) in [5.74, 6) is -0.112. The molecular formula is C17H20N2O5S. The fraction of sp³-hybridized carbons (Fsp3) is 0.412. The first kappa shape index (κ1) is 18.0. The summed E-state index contributed by atoms with van der Waals surface area (Å²) in [6.07, 6.45) is -1.96. The number of ether oxygens (including phenoxy) is 1. The summed E-state index contributed by atoms with van der Waals surface area (Å²) < 4.78 is 5.50. The van der Waals surface area contributed by atoms with Gasteiger partial charge in [0.05, 0.1) is 23.8 Å². The number of aliphatic hydroxyl groups excluding tert-OH is 3. The summed E-state index contributed by atoms with van der Waals surface area (Å²) in [4.78, 5) is 17.1. The second-order valence-corrected chi connectivity index (χ2v) is 7.04. The topological polar surface area (TPSA) is 112 Å². The molecule has 1 fully saturated rings. The van der Waals surface area contributed by atoms with Gasteiger partial charge in [-0.05, 0) is 6.92 Å². The standard InChI is InChI=1S/C17H20N2O5S/c1-9-2-4-10(5-3-9)15(22)13-7-18-17(25-13)19-14-6-11(21)16(23)12(8-20)24-14/h2-5,7,11-12,14,16,20-21,23H,6,8H2,1H3,(H,18,19)/t11-,12?,14+,16?/m1/s1. The van der Waals surface area contributed by atoms with Crippen molar-refractivity contribution in [2.75, 3.05) is 11.9 Å². The maximum atomic E-state index is 12.5. The molecule has 134 valence electrons. The average molecular weight is 364 g/mol. The molecule has 4 N–H and O–H groups in total. The zero-order valence-corrected chi connectivity index (χ0v) is 14.4. The van der Waals surface area contributed by atoms with Gasteiger partial charge in [-0.2, -0.15) is 0 Å². The van der Waals surface area contributed by atoms with Crippen LogP contribution in [0, 0.1) is 6.92 Å². The molecule has 1 saturated heterocycles. The highest BCUT2D eigenvalue weighted by Crippen LogP contribution is 2.26. The van der Waals surface area contributed by atoms with Gasteiger partial charge in [0.25, 0.3) is 0 Å². The highest BCUT2D eigenvalue weighted by molar-refractivity contribution is 7.17. The third kappa shape index (κ3) is 4.05. The van der Waals surface area contributed by atoms with E-state index in [1.807, 2.05) is 19.1 Å². The van der Waals surface area contributed by atoms with Crippen molar-refractivity contribution in [3.63, 3.8) is 0 Å². The number of hydrogen-bond acceptors (Lipinski definition) is 8. The van der Waals surface area contributed by atoms with E-state index in [4.69, 9.17) is 4.74 Å². The Bertz CT molecular complexity index is 733. The number of benzene rings is 1. The van der Waals surface area contributed by atoms with Crippen molar-refractivity contribution in [2.45, 2.75) is 37.9 Å². The fourth-order valence-corrected chi connectivity index (χ4v) is 3.45. The quantitative estimate of drug-likeness (QED) is 0.584. The van der Waals surface area contributed by atoms with E-state index >= 15 is 0 Å². The van der Waals surface area contributed by atoms with Crippen LogP contribution < -0.4 is 5.32 Å². The van der Waals surface area contributed by atoms with Gasteiger partial charge in [0.2, 0.25) is 5.78 Å². The zero-order chi connectivity index (χ0) is 18.0. The molecule has 2 heterocycles. The summed E-state index contributed by atoms with van der Waals surface area (Å²) in [5.41, 5.74) is 1.67. The zero-order valence-electron chi connectivity index (χ0n) is 13.6. The highest BCUT2D eigenvalue weighted by atomic mass is 32.1. The number of carbonyl (C=O) groups is 1. The average Bonchev–Trinajstić information content (AvgIpc) is 3.06. The van der Waals surface area contributed by atoms with E-state index < -0.39 is 31.1 Å². The van der Waals surface area contributed by atoms with E-state index in [1.54, 1.807) is 12.1 Å². The van der Waals surface area contributed by atoms with Crippen molar-refractivity contribution in [3.05, 3.63) is 46.5 Å². The molecule has 0 aliphatic carbocycles. The number of anilines is 1. The Morgan fingerprint density at radius 3 is 2.76 bits per heavy atom. The first-order valence-electron chi connectivity index (χ1n) is 7.94. The van der Waals surface area contributed by atoms with E-state index in [2.05, 4.69) is 10.3 Å². The molecular weight excluding hydrogens is 344 g/mol. The number of nitrogens with zero attached hydrogens (tertiary/aromatic N) is 1. The van der Waals surface area contributed by atoms with E-state index in [1.165, 1.54) is 17.5 Å². The molecule has 2 unspecified atom stereocenters. The van der Waals surface area contributed by atoms with Gasteiger partial charge in [-0.3, -0.25) is 4.79 Å². The number of nitrogens with one attached hydrogen (secondary N) is 1. The largest absolute Gasteiger partial charge is 0.394 e. The molecule has 0 amide bonds. The van der Waals surface area contributed by atoms with E-state index in [0.717, 1.165) is 5.56 Å². The van der Waals surface area contributed by atoms with Gasteiger partial charge in [0, 0.05) is 12.0 Å². The lowest BCUT2D eigenvalue weighted by Gasteiger charge is -2.36. The minimum Gasteiger partial charge on any atom is -0.394 e. The van der Waals surface area contributed by atoms with Gasteiger partial charge in [0.1, 0.15) is 18.4 Å². The lowest BCUT2D eigenvalue weighted by Crippen LogP contribution is -2.51. The van der Waals surface area contributed by atoms with Crippen LogP contribution in [0.1, 0.15) is 27.2 Å². The molecule has 0 bridgehead atoms. The summed E-state index contributed by atoms with van der Waals surface area (Å²) in [6, 6.07) is 7.31. The summed E-state index contributed by atoms with van der Waals surface area (Å²) in [7, 11) is 0. The summed E-state index contributed by atoms with van der Waals surface area (Å²) in [6.45, 7) is 1.56. The molecule has 25 heavy (non-hydrogen) atoms. The van der Waals surface area contributed by atoms with Gasteiger partial charge in [0.15, 0.2) is 5.13 Å². The van der Waals surface area contributed by atoms with Gasteiger partial charge < -0.3 is 25.4 Å². The smallest absolute Gasteiger partial charge is 0.204 e. The Morgan fingerprint density at radius 2 is 2.08 bits per heavy atom. The number of hydrogen-bond donors (Lipinski definition) is 4. The Labute approximate surface area is 148 Å². The maximum Gasteiger partial charge on any atom is 0.204 e. The molecule has 1 aromatic heterocycles. The maximum absolute atomic E-state index is 12.5. The molecule has 1 aromatic carbocycles. The summed E-state index contributed by atoms with van der Waals surface area (Å²) >= 11 is 1.19. The molecule has 4 atom stereocenters. The van der Waals surface area contributed by atoms with Gasteiger partial charge in [-0.1, -0.05) is 41.2 Å². The van der Waals surface area contributed by atoms with Crippen LogP contribution in [-0.2, 0) is 4.74 Å². The van der Waals surface area contributed by atoms with Crippen molar-refractivity contribution < 1.29 is 24.9 Å². The third-order valence-electron chi connectivity index (χ3n) is 4.08. The van der Waals surface area contributed by atoms with Crippen LogP contribution in [-0.4, -0.2) is 57.2 Å². The summed E-state index contributed by atoms with van der Waals surface area (Å²) in [5, 5.41) is 32.2. The van der Waals surface area contributed by atoms with Crippen molar-refractivity contribution in [1.82, 2.24) is 4.98 Å². The molecule has 7 nitrogen and oxygen atoms in total. The number of aryl methyl sites for hydroxylation is 1. The second-order valence-electron chi connectivity index (χ2n) is 6.01. The van der Waals surface area contributed by atoms with Crippen LogP contribution in [0.3, 0.4) is 0 Å². The van der Waals surface area contributed by atoms with Crippen LogP contribution >= 0.6 is 11.3 Å². The molecule has 0 saturated carbocycles. The van der Waals surface area contributed by atoms with E-state index in [0.29, 0.717) is 15.6 Å². The normalized spacial score (nSPS) is 26.4. The first-order chi connectivity index (χ1) is 12.0. The predicted octanol–water partition coefficient (Wildman–Crippen LogP) is 0.924. The van der Waals surface area contributed by atoms with Crippen molar-refractivity contribution in [2.24, 2.45) is 0 Å². The van der Waals surface area contributed by atoms with Crippen molar-refractivity contribution in [3.8, 4) is 0 Å². The van der Waals surface area contributed by atoms with Gasteiger partial charge in [-0.25, -0.2) is 4.98 Å². The number of thiazole rings is 1. The van der Waals surface area contributed by atoms with Crippen LogP contribution in [0.2, 0.25) is 0 Å². The first-order valence-corrected chi connectivity index (χ1v) is 8.75. The predicted molar refractivity (Wildman–Crippen MR) is 92.7 cm³/mol. The molecule has 0 radical (unpaired) electrons. The number of aromatic nitrogens is 1.